The lowest BCUT2D eigenvalue weighted by Crippen LogP contribution is -1.92. The fourth-order valence-corrected chi connectivity index (χ4v) is 2.72. The molecule has 0 amide bonds. The molecule has 0 heterocycles. The number of halogens is 1. The summed E-state index contributed by atoms with van der Waals surface area (Å²) in [7, 11) is 0. The maximum Gasteiger partial charge on any atom is 0.146 e. The van der Waals surface area contributed by atoms with Crippen molar-refractivity contribution < 1.29 is 4.74 Å². The molecule has 2 aromatic rings. The van der Waals surface area contributed by atoms with Gasteiger partial charge < -0.3 is 4.74 Å². The SMILES string of the molecule is CCSc1cccc(Oc2cc(Cl)ccc2C)c1C#N. The highest BCUT2D eigenvalue weighted by atomic mass is 35.5. The Balaban J connectivity index is 2.41. The van der Waals surface area contributed by atoms with E-state index in [0.29, 0.717) is 22.1 Å². The van der Waals surface area contributed by atoms with Crippen LogP contribution in [0.4, 0.5) is 0 Å². The van der Waals surface area contributed by atoms with E-state index in [-0.39, 0.29) is 0 Å². The Bertz CT molecular complexity index is 664. The van der Waals surface area contributed by atoms with Gasteiger partial charge in [-0.05, 0) is 42.5 Å². The lowest BCUT2D eigenvalue weighted by Gasteiger charge is -2.12. The summed E-state index contributed by atoms with van der Waals surface area (Å²) in [5.74, 6) is 2.15. The van der Waals surface area contributed by atoms with Crippen LogP contribution in [0.15, 0.2) is 41.3 Å². The van der Waals surface area contributed by atoms with Gasteiger partial charge in [0.1, 0.15) is 23.1 Å². The highest BCUT2D eigenvalue weighted by Gasteiger charge is 2.11. The van der Waals surface area contributed by atoms with Crippen LogP contribution in [0, 0.1) is 18.3 Å². The lowest BCUT2D eigenvalue weighted by molar-refractivity contribution is 0.476. The quantitative estimate of drug-likeness (QED) is 0.707. The van der Waals surface area contributed by atoms with Crippen molar-refractivity contribution >= 4 is 23.4 Å². The molecule has 4 heteroatoms. The zero-order chi connectivity index (χ0) is 14.5. The normalized spacial score (nSPS) is 10.1. The molecule has 0 unspecified atom stereocenters. The van der Waals surface area contributed by atoms with Crippen molar-refractivity contribution in [2.24, 2.45) is 0 Å². The van der Waals surface area contributed by atoms with Crippen LogP contribution in [-0.2, 0) is 0 Å². The van der Waals surface area contributed by atoms with E-state index in [2.05, 4.69) is 13.0 Å². The van der Waals surface area contributed by atoms with Crippen LogP contribution in [0.2, 0.25) is 5.02 Å². The van der Waals surface area contributed by atoms with Gasteiger partial charge in [-0.1, -0.05) is 30.7 Å². The summed E-state index contributed by atoms with van der Waals surface area (Å²) in [5.41, 5.74) is 1.55. The molecule has 0 atom stereocenters. The fourth-order valence-electron chi connectivity index (χ4n) is 1.78. The lowest BCUT2D eigenvalue weighted by atomic mass is 10.2. The summed E-state index contributed by atoms with van der Waals surface area (Å²) >= 11 is 7.62. The number of benzene rings is 2. The molecule has 0 aliphatic heterocycles. The van der Waals surface area contributed by atoms with Crippen molar-refractivity contribution in [1.82, 2.24) is 0 Å². The van der Waals surface area contributed by atoms with Crippen molar-refractivity contribution in [3.63, 3.8) is 0 Å². The third kappa shape index (κ3) is 3.27. The monoisotopic (exact) mass is 303 g/mol. The number of hydrogen-bond donors (Lipinski definition) is 0. The van der Waals surface area contributed by atoms with Gasteiger partial charge in [-0.3, -0.25) is 0 Å². The maximum atomic E-state index is 9.36. The van der Waals surface area contributed by atoms with Gasteiger partial charge in [0.05, 0.1) is 0 Å². The third-order valence-corrected chi connectivity index (χ3v) is 3.94. The molecular formula is C16H14ClNOS. The minimum atomic E-state index is 0.566. The van der Waals surface area contributed by atoms with Gasteiger partial charge in [-0.2, -0.15) is 5.26 Å². The summed E-state index contributed by atoms with van der Waals surface area (Å²) in [4.78, 5) is 0.937. The molecule has 2 rings (SSSR count). The standard InChI is InChI=1S/C16H14ClNOS/c1-3-20-16-6-4-5-14(13(16)10-18)19-15-9-12(17)8-7-11(15)2/h4-9H,3H2,1-2H3. The van der Waals surface area contributed by atoms with E-state index >= 15 is 0 Å². The van der Waals surface area contributed by atoms with Gasteiger partial charge in [0.2, 0.25) is 0 Å². The third-order valence-electron chi connectivity index (χ3n) is 2.77. The smallest absolute Gasteiger partial charge is 0.146 e. The number of aryl methyl sites for hydroxylation is 1. The van der Waals surface area contributed by atoms with Crippen LogP contribution in [0.25, 0.3) is 0 Å². The van der Waals surface area contributed by atoms with Crippen molar-refractivity contribution in [3.8, 4) is 17.6 Å². The molecule has 0 radical (unpaired) electrons. The molecule has 0 saturated carbocycles. The van der Waals surface area contributed by atoms with E-state index in [0.717, 1.165) is 16.2 Å². The first-order valence-electron chi connectivity index (χ1n) is 6.25. The van der Waals surface area contributed by atoms with Crippen molar-refractivity contribution in [3.05, 3.63) is 52.5 Å². The number of rotatable bonds is 4. The molecule has 0 saturated heterocycles. The van der Waals surface area contributed by atoms with Crippen LogP contribution >= 0.6 is 23.4 Å². The second-order valence-corrected chi connectivity index (χ2v) is 5.93. The average Bonchev–Trinajstić information content (AvgIpc) is 2.43. The van der Waals surface area contributed by atoms with Crippen LogP contribution in [0.1, 0.15) is 18.1 Å². The van der Waals surface area contributed by atoms with E-state index in [1.165, 1.54) is 0 Å². The largest absolute Gasteiger partial charge is 0.456 e. The Labute approximate surface area is 128 Å². The van der Waals surface area contributed by atoms with Gasteiger partial charge in [0.15, 0.2) is 0 Å². The molecule has 102 valence electrons. The maximum absolute atomic E-state index is 9.36. The molecule has 0 fully saturated rings. The van der Waals surface area contributed by atoms with Crippen molar-refractivity contribution in [2.75, 3.05) is 5.75 Å². The van der Waals surface area contributed by atoms with Gasteiger partial charge >= 0.3 is 0 Å². The van der Waals surface area contributed by atoms with E-state index in [4.69, 9.17) is 16.3 Å². The molecule has 2 aromatic carbocycles. The molecule has 0 aliphatic carbocycles. The summed E-state index contributed by atoms with van der Waals surface area (Å²) in [5, 5.41) is 9.97. The zero-order valence-electron chi connectivity index (χ0n) is 11.3. The minimum Gasteiger partial charge on any atom is -0.456 e. The van der Waals surface area contributed by atoms with Gasteiger partial charge in [0.25, 0.3) is 0 Å². The Morgan fingerprint density at radius 3 is 2.75 bits per heavy atom. The predicted molar refractivity (Wildman–Crippen MR) is 83.8 cm³/mol. The summed E-state index contributed by atoms with van der Waals surface area (Å²) in [6, 6.07) is 13.3. The highest BCUT2D eigenvalue weighted by molar-refractivity contribution is 7.99. The Kier molecular flexibility index (Phi) is 4.94. The molecular weight excluding hydrogens is 290 g/mol. The topological polar surface area (TPSA) is 33.0 Å². The van der Waals surface area contributed by atoms with E-state index in [1.54, 1.807) is 23.9 Å². The highest BCUT2D eigenvalue weighted by Crippen LogP contribution is 2.34. The van der Waals surface area contributed by atoms with E-state index in [9.17, 15) is 5.26 Å². The fraction of sp³-hybridized carbons (Fsp3) is 0.188. The van der Waals surface area contributed by atoms with Crippen LogP contribution in [-0.4, -0.2) is 5.75 Å². The average molecular weight is 304 g/mol. The second kappa shape index (κ2) is 6.69. The minimum absolute atomic E-state index is 0.566. The molecule has 0 spiro atoms. The van der Waals surface area contributed by atoms with E-state index < -0.39 is 0 Å². The number of nitrogens with zero attached hydrogens (tertiary/aromatic N) is 1. The van der Waals surface area contributed by atoms with E-state index in [1.807, 2.05) is 31.2 Å². The first kappa shape index (κ1) is 14.8. The Hall–Kier alpha value is -1.63. The molecule has 0 bridgehead atoms. The number of hydrogen-bond acceptors (Lipinski definition) is 3. The summed E-state index contributed by atoms with van der Waals surface area (Å²) < 4.78 is 5.88. The van der Waals surface area contributed by atoms with Gasteiger partial charge in [-0.15, -0.1) is 11.8 Å². The summed E-state index contributed by atoms with van der Waals surface area (Å²) in [6.45, 7) is 4.00. The van der Waals surface area contributed by atoms with Crippen molar-refractivity contribution in [2.45, 2.75) is 18.7 Å². The molecule has 0 N–H and O–H groups in total. The number of nitriles is 1. The first-order chi connectivity index (χ1) is 9.65. The van der Waals surface area contributed by atoms with Gasteiger partial charge in [0, 0.05) is 9.92 Å². The van der Waals surface area contributed by atoms with Crippen LogP contribution in [0.5, 0.6) is 11.5 Å². The zero-order valence-corrected chi connectivity index (χ0v) is 12.9. The number of ether oxygens (including phenoxy) is 1. The molecule has 0 aromatic heterocycles. The molecule has 20 heavy (non-hydrogen) atoms. The van der Waals surface area contributed by atoms with Crippen LogP contribution in [0.3, 0.4) is 0 Å². The molecule has 0 aliphatic rings. The molecule has 2 nitrogen and oxygen atoms in total. The second-order valence-electron chi connectivity index (χ2n) is 4.19. The Morgan fingerprint density at radius 2 is 2.05 bits per heavy atom. The Morgan fingerprint density at radius 1 is 1.25 bits per heavy atom. The van der Waals surface area contributed by atoms with Gasteiger partial charge in [-0.25, -0.2) is 0 Å². The first-order valence-corrected chi connectivity index (χ1v) is 7.62. The number of thioether (sulfide) groups is 1. The van der Waals surface area contributed by atoms with Crippen LogP contribution < -0.4 is 4.74 Å². The predicted octanol–water partition coefficient (Wildman–Crippen LogP) is 5.42. The van der Waals surface area contributed by atoms with Crippen molar-refractivity contribution in [1.29, 1.82) is 5.26 Å². The summed E-state index contributed by atoms with van der Waals surface area (Å²) in [6.07, 6.45) is 0.